The second-order valence-corrected chi connectivity index (χ2v) is 9.73. The summed E-state index contributed by atoms with van der Waals surface area (Å²) in [6.07, 6.45) is 3.86. The third-order valence-corrected chi connectivity index (χ3v) is 6.85. The van der Waals surface area contributed by atoms with Gasteiger partial charge in [-0.15, -0.1) is 0 Å². The number of carbonyl (C=O) groups is 1. The molecule has 0 unspecified atom stereocenters. The molecule has 0 aliphatic carbocycles. The molecule has 0 fully saturated rings. The Balaban J connectivity index is 2.27. The van der Waals surface area contributed by atoms with Gasteiger partial charge in [0, 0.05) is 19.1 Å². The fourth-order valence-corrected chi connectivity index (χ4v) is 4.62. The maximum Gasteiger partial charge on any atom is 0.238 e. The quantitative estimate of drug-likeness (QED) is 0.538. The predicted octanol–water partition coefficient (Wildman–Crippen LogP) is 3.61. The molecule has 2 N–H and O–H groups in total. The minimum atomic E-state index is -3.79. The van der Waals surface area contributed by atoms with Gasteiger partial charge in [0.15, 0.2) is 5.16 Å². The molecule has 9 heteroatoms. The highest BCUT2D eigenvalue weighted by atomic mass is 32.2. The Morgan fingerprint density at radius 3 is 2.59 bits per heavy atom. The molecular formula is C20H32N4O3S2. The molecule has 0 spiro atoms. The van der Waals surface area contributed by atoms with E-state index in [-0.39, 0.29) is 16.8 Å². The lowest BCUT2D eigenvalue weighted by atomic mass is 10.2. The lowest BCUT2D eigenvalue weighted by Gasteiger charge is -2.28. The van der Waals surface area contributed by atoms with Crippen LogP contribution in [-0.2, 0) is 21.4 Å². The highest BCUT2D eigenvalue weighted by Crippen LogP contribution is 2.27. The van der Waals surface area contributed by atoms with Crippen LogP contribution in [0.4, 0.5) is 0 Å². The average Bonchev–Trinajstić information content (AvgIpc) is 3.02. The number of imidazole rings is 1. The van der Waals surface area contributed by atoms with Gasteiger partial charge in [0.25, 0.3) is 0 Å². The van der Waals surface area contributed by atoms with Crippen molar-refractivity contribution in [2.24, 2.45) is 5.14 Å². The number of thioether (sulfide) groups is 1. The summed E-state index contributed by atoms with van der Waals surface area (Å²) in [5.74, 6) is 0.418. The van der Waals surface area contributed by atoms with Crippen molar-refractivity contribution in [2.45, 2.75) is 76.0 Å². The van der Waals surface area contributed by atoms with Crippen LogP contribution in [0.25, 0.3) is 11.0 Å². The van der Waals surface area contributed by atoms with Crippen LogP contribution in [0.1, 0.15) is 53.4 Å². The number of fused-ring (bicyclic) bond motifs is 1. The van der Waals surface area contributed by atoms with Gasteiger partial charge in [-0.25, -0.2) is 18.5 Å². The molecule has 162 valence electrons. The zero-order chi connectivity index (χ0) is 21.6. The maximum atomic E-state index is 12.9. The summed E-state index contributed by atoms with van der Waals surface area (Å²) in [7, 11) is -3.79. The van der Waals surface area contributed by atoms with Crippen LogP contribution in [-0.4, -0.2) is 47.1 Å². The SMILES string of the molecule is CCCCN(C(=O)CSc1nc2cc(S(N)(=O)=O)ccc2n1CCC)[C@H](C)CC. The number of primary sulfonamides is 1. The topological polar surface area (TPSA) is 98.3 Å². The van der Waals surface area contributed by atoms with Gasteiger partial charge in [0.2, 0.25) is 15.9 Å². The van der Waals surface area contributed by atoms with Gasteiger partial charge in [-0.3, -0.25) is 4.79 Å². The third kappa shape index (κ3) is 5.96. The number of nitrogens with zero attached hydrogens (tertiary/aromatic N) is 3. The van der Waals surface area contributed by atoms with Crippen LogP contribution in [0.5, 0.6) is 0 Å². The van der Waals surface area contributed by atoms with Gasteiger partial charge in [0.05, 0.1) is 21.7 Å². The van der Waals surface area contributed by atoms with Crippen molar-refractivity contribution >= 4 is 38.7 Å². The number of carbonyl (C=O) groups excluding carboxylic acids is 1. The monoisotopic (exact) mass is 440 g/mol. The van der Waals surface area contributed by atoms with Crippen molar-refractivity contribution in [3.05, 3.63) is 18.2 Å². The van der Waals surface area contributed by atoms with E-state index in [0.29, 0.717) is 11.3 Å². The van der Waals surface area contributed by atoms with E-state index < -0.39 is 10.0 Å². The predicted molar refractivity (Wildman–Crippen MR) is 118 cm³/mol. The van der Waals surface area contributed by atoms with E-state index >= 15 is 0 Å². The fourth-order valence-electron chi connectivity index (χ4n) is 3.16. The van der Waals surface area contributed by atoms with Crippen molar-refractivity contribution in [1.29, 1.82) is 0 Å². The molecule has 0 saturated heterocycles. The molecule has 1 aromatic carbocycles. The second-order valence-electron chi connectivity index (χ2n) is 7.23. The van der Waals surface area contributed by atoms with Crippen LogP contribution in [0.2, 0.25) is 0 Å². The Bertz CT molecular complexity index is 941. The van der Waals surface area contributed by atoms with Crippen molar-refractivity contribution < 1.29 is 13.2 Å². The van der Waals surface area contributed by atoms with Crippen LogP contribution in [0.15, 0.2) is 28.3 Å². The number of unbranched alkanes of at least 4 members (excludes halogenated alkanes) is 1. The van der Waals surface area contributed by atoms with Crippen molar-refractivity contribution in [1.82, 2.24) is 14.5 Å². The lowest BCUT2D eigenvalue weighted by Crippen LogP contribution is -2.40. The van der Waals surface area contributed by atoms with Gasteiger partial charge in [-0.1, -0.05) is 39.0 Å². The first-order valence-electron chi connectivity index (χ1n) is 10.2. The zero-order valence-corrected chi connectivity index (χ0v) is 19.4. The van der Waals surface area contributed by atoms with E-state index in [1.165, 1.54) is 23.9 Å². The van der Waals surface area contributed by atoms with E-state index in [9.17, 15) is 13.2 Å². The summed E-state index contributed by atoms with van der Waals surface area (Å²) in [6.45, 7) is 9.88. The summed E-state index contributed by atoms with van der Waals surface area (Å²) in [4.78, 5) is 19.5. The molecule has 1 heterocycles. The van der Waals surface area contributed by atoms with Gasteiger partial charge < -0.3 is 9.47 Å². The van der Waals surface area contributed by atoms with Crippen molar-refractivity contribution in [3.63, 3.8) is 0 Å². The number of sulfonamides is 1. The molecule has 1 amide bonds. The highest BCUT2D eigenvalue weighted by molar-refractivity contribution is 7.99. The number of benzene rings is 1. The molecule has 0 aliphatic heterocycles. The third-order valence-electron chi connectivity index (χ3n) is 4.98. The van der Waals surface area contributed by atoms with E-state index in [1.54, 1.807) is 6.07 Å². The number of amides is 1. The molecule has 0 bridgehead atoms. The molecular weight excluding hydrogens is 408 g/mol. The molecule has 2 rings (SSSR count). The van der Waals surface area contributed by atoms with Crippen LogP contribution in [0.3, 0.4) is 0 Å². The first-order chi connectivity index (χ1) is 13.7. The first kappa shape index (κ1) is 23.7. The molecule has 0 saturated carbocycles. The number of rotatable bonds is 11. The normalized spacial score (nSPS) is 13.0. The lowest BCUT2D eigenvalue weighted by molar-refractivity contribution is -0.130. The molecule has 0 aliphatic rings. The number of aryl methyl sites for hydroxylation is 1. The van der Waals surface area contributed by atoms with Gasteiger partial charge in [0.1, 0.15) is 0 Å². The van der Waals surface area contributed by atoms with Crippen LogP contribution < -0.4 is 5.14 Å². The summed E-state index contributed by atoms with van der Waals surface area (Å²) in [5, 5.41) is 5.97. The van der Waals surface area contributed by atoms with E-state index in [4.69, 9.17) is 5.14 Å². The fraction of sp³-hybridized carbons (Fsp3) is 0.600. The molecule has 7 nitrogen and oxygen atoms in total. The Morgan fingerprint density at radius 2 is 2.00 bits per heavy atom. The van der Waals surface area contributed by atoms with Gasteiger partial charge in [-0.05, 0) is 44.4 Å². The number of hydrogen-bond donors (Lipinski definition) is 1. The largest absolute Gasteiger partial charge is 0.339 e. The smallest absolute Gasteiger partial charge is 0.238 e. The molecule has 29 heavy (non-hydrogen) atoms. The van der Waals surface area contributed by atoms with Gasteiger partial charge >= 0.3 is 0 Å². The summed E-state index contributed by atoms with van der Waals surface area (Å²) in [5.41, 5.74) is 1.42. The molecule has 0 radical (unpaired) electrons. The Kier molecular flexibility index (Phi) is 8.54. The number of hydrogen-bond acceptors (Lipinski definition) is 5. The number of nitrogens with two attached hydrogens (primary N) is 1. The Labute approximate surface area is 178 Å². The summed E-state index contributed by atoms with van der Waals surface area (Å²) < 4.78 is 25.3. The molecule has 1 aromatic heterocycles. The van der Waals surface area contributed by atoms with E-state index in [0.717, 1.165) is 49.4 Å². The van der Waals surface area contributed by atoms with Crippen molar-refractivity contribution in [2.75, 3.05) is 12.3 Å². The van der Waals surface area contributed by atoms with E-state index in [1.807, 2.05) is 9.47 Å². The number of aromatic nitrogens is 2. The minimum Gasteiger partial charge on any atom is -0.339 e. The van der Waals surface area contributed by atoms with Crippen LogP contribution in [0, 0.1) is 0 Å². The standard InChI is InChI=1S/C20H32N4O3S2/c1-5-8-12-23(15(4)7-3)19(25)14-28-20-22-17-13-16(29(21,26)27)9-10-18(17)24(20)11-6-2/h9-10,13,15H,5-8,11-12,14H2,1-4H3,(H2,21,26,27)/t15-/m1/s1. The minimum absolute atomic E-state index is 0.0429. The Morgan fingerprint density at radius 1 is 1.28 bits per heavy atom. The van der Waals surface area contributed by atoms with Crippen molar-refractivity contribution in [3.8, 4) is 0 Å². The Hall–Kier alpha value is -1.58. The van der Waals surface area contributed by atoms with Crippen LogP contribution >= 0.6 is 11.8 Å². The first-order valence-corrected chi connectivity index (χ1v) is 12.7. The summed E-state index contributed by atoms with van der Waals surface area (Å²) in [6, 6.07) is 4.94. The second kappa shape index (κ2) is 10.4. The summed E-state index contributed by atoms with van der Waals surface area (Å²) >= 11 is 1.40. The average molecular weight is 441 g/mol. The van der Waals surface area contributed by atoms with E-state index in [2.05, 4.69) is 32.7 Å². The zero-order valence-electron chi connectivity index (χ0n) is 17.7. The molecule has 1 atom stereocenters. The maximum absolute atomic E-state index is 12.9. The molecule has 2 aromatic rings. The van der Waals surface area contributed by atoms with Gasteiger partial charge in [-0.2, -0.15) is 0 Å². The highest BCUT2D eigenvalue weighted by Gasteiger charge is 2.20.